The molecule has 0 saturated carbocycles. The molecule has 1 atom stereocenters. The predicted molar refractivity (Wildman–Crippen MR) is 86.6 cm³/mol. The summed E-state index contributed by atoms with van der Waals surface area (Å²) in [4.78, 5) is 11.4. The van der Waals surface area contributed by atoms with Crippen LogP contribution in [0.3, 0.4) is 0 Å². The molecule has 0 radical (unpaired) electrons. The minimum Gasteiger partial charge on any atom is -0.384 e. The third-order valence-corrected chi connectivity index (χ3v) is 4.55. The van der Waals surface area contributed by atoms with Crippen molar-refractivity contribution in [3.05, 3.63) is 62.6 Å². The number of nitrogens with one attached hydrogen (secondary N) is 1. The first-order chi connectivity index (χ1) is 10.0. The van der Waals surface area contributed by atoms with Crippen LogP contribution in [0.15, 0.2) is 40.9 Å². The van der Waals surface area contributed by atoms with Gasteiger partial charge in [-0.25, -0.2) is 0 Å². The first kappa shape index (κ1) is 14.6. The summed E-state index contributed by atoms with van der Waals surface area (Å²) in [7, 11) is 0. The number of aliphatic hydroxyl groups excluding tert-OH is 1. The first-order valence-corrected chi connectivity index (χ1v) is 7.77. The maximum Gasteiger partial charge on any atom is 0.224 e. The van der Waals surface area contributed by atoms with Crippen molar-refractivity contribution in [1.82, 2.24) is 0 Å². The molecule has 3 rings (SSSR count). The van der Waals surface area contributed by atoms with Crippen molar-refractivity contribution >= 4 is 39.1 Å². The van der Waals surface area contributed by atoms with Gasteiger partial charge in [0, 0.05) is 27.2 Å². The maximum absolute atomic E-state index is 11.4. The van der Waals surface area contributed by atoms with Gasteiger partial charge < -0.3 is 10.4 Å². The predicted octanol–water partition coefficient (Wildman–Crippen LogP) is 4.07. The van der Waals surface area contributed by atoms with Gasteiger partial charge in [-0.15, -0.1) is 0 Å². The topological polar surface area (TPSA) is 49.3 Å². The Balaban J connectivity index is 1.97. The molecule has 1 amide bonds. The van der Waals surface area contributed by atoms with E-state index in [-0.39, 0.29) is 5.91 Å². The van der Waals surface area contributed by atoms with Crippen molar-refractivity contribution in [2.24, 2.45) is 0 Å². The van der Waals surface area contributed by atoms with Crippen LogP contribution in [0.4, 0.5) is 5.69 Å². The number of fused-ring (bicyclic) bond motifs is 1. The van der Waals surface area contributed by atoms with Crippen LogP contribution in [0, 0.1) is 0 Å². The Kier molecular flexibility index (Phi) is 4.02. The van der Waals surface area contributed by atoms with E-state index >= 15 is 0 Å². The Bertz CT molecular complexity index is 717. The normalized spacial score (nSPS) is 15.3. The van der Waals surface area contributed by atoms with E-state index in [1.807, 2.05) is 24.3 Å². The lowest BCUT2D eigenvalue weighted by atomic mass is 9.95. The lowest BCUT2D eigenvalue weighted by Gasteiger charge is -2.20. The molecule has 0 fully saturated rings. The molecular weight excluding hydrogens is 354 g/mol. The van der Waals surface area contributed by atoms with Gasteiger partial charge in [0.15, 0.2) is 0 Å². The van der Waals surface area contributed by atoms with Crippen LogP contribution in [0.2, 0.25) is 5.02 Å². The van der Waals surface area contributed by atoms with E-state index < -0.39 is 6.10 Å². The van der Waals surface area contributed by atoms with Crippen molar-refractivity contribution in [1.29, 1.82) is 0 Å². The van der Waals surface area contributed by atoms with E-state index in [0.29, 0.717) is 17.9 Å². The molecule has 0 aliphatic carbocycles. The highest BCUT2D eigenvalue weighted by atomic mass is 79.9. The number of benzene rings is 2. The lowest BCUT2D eigenvalue weighted by molar-refractivity contribution is -0.116. The van der Waals surface area contributed by atoms with E-state index in [4.69, 9.17) is 11.6 Å². The van der Waals surface area contributed by atoms with Gasteiger partial charge >= 0.3 is 0 Å². The summed E-state index contributed by atoms with van der Waals surface area (Å²) < 4.78 is 0.811. The summed E-state index contributed by atoms with van der Waals surface area (Å²) >= 11 is 9.44. The average molecular weight is 367 g/mol. The molecular formula is C16H13BrClNO2. The summed E-state index contributed by atoms with van der Waals surface area (Å²) in [5, 5.41) is 14.0. The SMILES string of the molecule is O=C1CCc2cc(C(O)c3cc(Cl)ccc3Br)ccc2N1. The summed E-state index contributed by atoms with van der Waals surface area (Å²) in [6.45, 7) is 0. The standard InChI is InChI=1S/C16H13BrClNO2/c17-13-4-3-11(18)8-12(13)16(21)10-1-5-14-9(7-10)2-6-15(20)19-14/h1,3-5,7-8,16,21H,2,6H2,(H,19,20). The highest BCUT2D eigenvalue weighted by Crippen LogP contribution is 2.33. The van der Waals surface area contributed by atoms with Crippen LogP contribution in [0.25, 0.3) is 0 Å². The van der Waals surface area contributed by atoms with Crippen molar-refractivity contribution in [3.8, 4) is 0 Å². The summed E-state index contributed by atoms with van der Waals surface area (Å²) in [6, 6.07) is 10.9. The van der Waals surface area contributed by atoms with E-state index in [2.05, 4.69) is 21.2 Å². The van der Waals surface area contributed by atoms with Crippen LogP contribution in [-0.4, -0.2) is 11.0 Å². The number of aliphatic hydroxyl groups is 1. The smallest absolute Gasteiger partial charge is 0.224 e. The number of anilines is 1. The monoisotopic (exact) mass is 365 g/mol. The summed E-state index contributed by atoms with van der Waals surface area (Å²) in [6.07, 6.45) is 0.410. The molecule has 1 unspecified atom stereocenters. The fourth-order valence-electron chi connectivity index (χ4n) is 2.48. The van der Waals surface area contributed by atoms with Gasteiger partial charge in [0.05, 0.1) is 0 Å². The number of carbonyl (C=O) groups excluding carboxylic acids is 1. The van der Waals surface area contributed by atoms with Gasteiger partial charge in [-0.05, 0) is 41.8 Å². The molecule has 0 aromatic heterocycles. The molecule has 0 saturated heterocycles. The zero-order chi connectivity index (χ0) is 15.0. The van der Waals surface area contributed by atoms with Gasteiger partial charge in [-0.1, -0.05) is 39.7 Å². The molecule has 2 aromatic carbocycles. The molecule has 108 valence electrons. The van der Waals surface area contributed by atoms with Crippen molar-refractivity contribution in [2.45, 2.75) is 18.9 Å². The number of carbonyl (C=O) groups is 1. The average Bonchev–Trinajstić information content (AvgIpc) is 2.48. The molecule has 2 N–H and O–H groups in total. The third kappa shape index (κ3) is 2.98. The summed E-state index contributed by atoms with van der Waals surface area (Å²) in [5.41, 5.74) is 3.38. The molecule has 1 aliphatic heterocycles. The van der Waals surface area contributed by atoms with Crippen molar-refractivity contribution < 1.29 is 9.90 Å². The Hall–Kier alpha value is -1.36. The summed E-state index contributed by atoms with van der Waals surface area (Å²) in [5.74, 6) is 0.0355. The number of hydrogen-bond acceptors (Lipinski definition) is 2. The van der Waals surface area contributed by atoms with Gasteiger partial charge in [-0.3, -0.25) is 4.79 Å². The number of aryl methyl sites for hydroxylation is 1. The van der Waals surface area contributed by atoms with Crippen molar-refractivity contribution in [2.75, 3.05) is 5.32 Å². The van der Waals surface area contributed by atoms with Crippen molar-refractivity contribution in [3.63, 3.8) is 0 Å². The fraction of sp³-hybridized carbons (Fsp3) is 0.188. The highest BCUT2D eigenvalue weighted by Gasteiger charge is 2.19. The number of halogens is 2. The largest absolute Gasteiger partial charge is 0.384 e. The molecule has 1 heterocycles. The van der Waals surface area contributed by atoms with Crippen LogP contribution in [0.5, 0.6) is 0 Å². The van der Waals surface area contributed by atoms with Crippen LogP contribution in [0.1, 0.15) is 29.2 Å². The fourth-order valence-corrected chi connectivity index (χ4v) is 3.12. The second-order valence-electron chi connectivity index (χ2n) is 5.03. The highest BCUT2D eigenvalue weighted by molar-refractivity contribution is 9.10. The van der Waals surface area contributed by atoms with E-state index in [1.165, 1.54) is 0 Å². The van der Waals surface area contributed by atoms with Gasteiger partial charge in [0.25, 0.3) is 0 Å². The van der Waals surface area contributed by atoms with Gasteiger partial charge in [0.1, 0.15) is 6.10 Å². The Morgan fingerprint density at radius 1 is 1.19 bits per heavy atom. The Labute approximate surface area is 136 Å². The Morgan fingerprint density at radius 2 is 2.00 bits per heavy atom. The third-order valence-electron chi connectivity index (χ3n) is 3.59. The first-order valence-electron chi connectivity index (χ1n) is 6.60. The van der Waals surface area contributed by atoms with Crippen LogP contribution in [-0.2, 0) is 11.2 Å². The molecule has 1 aliphatic rings. The number of rotatable bonds is 2. The van der Waals surface area contributed by atoms with E-state index in [1.54, 1.807) is 12.1 Å². The Morgan fingerprint density at radius 3 is 2.81 bits per heavy atom. The lowest BCUT2D eigenvalue weighted by Crippen LogP contribution is -2.19. The minimum atomic E-state index is -0.763. The van der Waals surface area contributed by atoms with E-state index in [9.17, 15) is 9.90 Å². The zero-order valence-corrected chi connectivity index (χ0v) is 13.4. The molecule has 3 nitrogen and oxygen atoms in total. The van der Waals surface area contributed by atoms with E-state index in [0.717, 1.165) is 26.9 Å². The number of hydrogen-bond donors (Lipinski definition) is 2. The van der Waals surface area contributed by atoms with Crippen LogP contribution < -0.4 is 5.32 Å². The zero-order valence-electron chi connectivity index (χ0n) is 11.1. The molecule has 0 bridgehead atoms. The molecule has 5 heteroatoms. The van der Waals surface area contributed by atoms with Crippen LogP contribution >= 0.6 is 27.5 Å². The molecule has 0 spiro atoms. The number of amides is 1. The minimum absolute atomic E-state index is 0.0355. The molecule has 21 heavy (non-hydrogen) atoms. The second kappa shape index (κ2) is 5.79. The molecule has 2 aromatic rings. The van der Waals surface area contributed by atoms with Gasteiger partial charge in [0.2, 0.25) is 5.91 Å². The quantitative estimate of drug-likeness (QED) is 0.842. The van der Waals surface area contributed by atoms with Gasteiger partial charge in [-0.2, -0.15) is 0 Å². The maximum atomic E-state index is 11.4. The second-order valence-corrected chi connectivity index (χ2v) is 6.32.